The normalized spacial score (nSPS) is 17.2. The molecule has 0 spiro atoms. The number of benzene rings is 3. The number of carbonyl (C=O) groups is 2. The van der Waals surface area contributed by atoms with E-state index in [-0.39, 0.29) is 25.0 Å². The van der Waals surface area contributed by atoms with Crippen molar-refractivity contribution in [3.05, 3.63) is 66.2 Å². The molecule has 0 fully saturated rings. The molecule has 4 heterocycles. The second kappa shape index (κ2) is 8.44. The molecule has 10 nitrogen and oxygen atoms in total. The van der Waals surface area contributed by atoms with E-state index >= 15 is 0 Å². The van der Waals surface area contributed by atoms with E-state index in [2.05, 4.69) is 5.32 Å². The summed E-state index contributed by atoms with van der Waals surface area (Å²) >= 11 is 0. The summed E-state index contributed by atoms with van der Waals surface area (Å²) in [5.74, 6) is 2.58. The fourth-order valence-corrected chi connectivity index (χ4v) is 4.98. The van der Waals surface area contributed by atoms with Crippen LogP contribution in [0.4, 0.5) is 11.6 Å². The molecule has 1 N–H and O–H groups in total. The van der Waals surface area contributed by atoms with Crippen LogP contribution in [0.25, 0.3) is 11.0 Å². The highest BCUT2D eigenvalue weighted by Crippen LogP contribution is 2.39. The maximum Gasteiger partial charge on any atom is 0.253 e. The van der Waals surface area contributed by atoms with Crippen LogP contribution < -0.4 is 29.2 Å². The molecule has 4 aromatic rings. The number of nitrogens with zero attached hydrogens (tertiary/aromatic N) is 3. The van der Waals surface area contributed by atoms with Gasteiger partial charge < -0.3 is 24.3 Å². The molecule has 0 radical (unpaired) electrons. The minimum Gasteiger partial charge on any atom is -0.486 e. The zero-order chi connectivity index (χ0) is 24.9. The molecule has 0 saturated carbocycles. The van der Waals surface area contributed by atoms with Crippen molar-refractivity contribution in [3.63, 3.8) is 0 Å². The van der Waals surface area contributed by atoms with Crippen LogP contribution in [0.1, 0.15) is 18.0 Å². The van der Waals surface area contributed by atoms with Crippen molar-refractivity contribution in [2.24, 2.45) is 0 Å². The number of hydrogen-bond donors (Lipinski definition) is 1. The average molecular weight is 498 g/mol. The molecule has 0 aliphatic carbocycles. The fourth-order valence-electron chi connectivity index (χ4n) is 4.98. The summed E-state index contributed by atoms with van der Waals surface area (Å²) in [6.07, 6.45) is -0.0434. The van der Waals surface area contributed by atoms with Crippen molar-refractivity contribution in [1.82, 2.24) is 9.55 Å². The third kappa shape index (κ3) is 3.68. The Morgan fingerprint density at radius 1 is 0.919 bits per heavy atom. The summed E-state index contributed by atoms with van der Waals surface area (Å²) in [4.78, 5) is 33.2. The number of hydrogen-bond acceptors (Lipinski definition) is 7. The first-order chi connectivity index (χ1) is 18.1. The van der Waals surface area contributed by atoms with Crippen LogP contribution >= 0.6 is 0 Å². The Kier molecular flexibility index (Phi) is 4.91. The van der Waals surface area contributed by atoms with Gasteiger partial charge in [0, 0.05) is 11.8 Å². The molecule has 3 aliphatic heterocycles. The van der Waals surface area contributed by atoms with Crippen LogP contribution in [-0.4, -0.2) is 41.4 Å². The molecule has 3 aliphatic rings. The molecule has 186 valence electrons. The van der Waals surface area contributed by atoms with Gasteiger partial charge in [0.15, 0.2) is 23.0 Å². The predicted octanol–water partition coefficient (Wildman–Crippen LogP) is 3.65. The van der Waals surface area contributed by atoms with Gasteiger partial charge in [0.05, 0.1) is 24.0 Å². The first-order valence-corrected chi connectivity index (χ1v) is 12.0. The highest BCUT2D eigenvalue weighted by atomic mass is 16.7. The second-order valence-corrected chi connectivity index (χ2v) is 9.01. The number of amides is 2. The Bertz CT molecular complexity index is 1560. The molecule has 10 heteroatoms. The SMILES string of the molecule is O=C(CC1C(=O)N(Cc2ccc3c(c2)OCO3)c2nc3ccccc3n21)Nc1ccc2c(c1)OCCO2. The lowest BCUT2D eigenvalue weighted by atomic mass is 10.1. The third-order valence-electron chi connectivity index (χ3n) is 6.66. The monoisotopic (exact) mass is 498 g/mol. The van der Waals surface area contributed by atoms with Crippen molar-refractivity contribution in [2.75, 3.05) is 30.2 Å². The Morgan fingerprint density at radius 2 is 1.68 bits per heavy atom. The Labute approximate surface area is 211 Å². The summed E-state index contributed by atoms with van der Waals surface area (Å²) in [5.41, 5.74) is 3.01. The van der Waals surface area contributed by atoms with Gasteiger partial charge in [-0.3, -0.25) is 19.1 Å². The average Bonchev–Trinajstić information content (AvgIpc) is 3.59. The molecule has 1 unspecified atom stereocenters. The zero-order valence-corrected chi connectivity index (χ0v) is 19.7. The van der Waals surface area contributed by atoms with Gasteiger partial charge in [-0.2, -0.15) is 0 Å². The number of para-hydroxylation sites is 2. The Morgan fingerprint density at radius 3 is 2.59 bits per heavy atom. The van der Waals surface area contributed by atoms with E-state index in [0.29, 0.717) is 54.4 Å². The van der Waals surface area contributed by atoms with Crippen LogP contribution in [0.3, 0.4) is 0 Å². The zero-order valence-electron chi connectivity index (χ0n) is 19.7. The van der Waals surface area contributed by atoms with Gasteiger partial charge in [-0.1, -0.05) is 18.2 Å². The number of rotatable bonds is 5. The van der Waals surface area contributed by atoms with Crippen LogP contribution in [0.2, 0.25) is 0 Å². The van der Waals surface area contributed by atoms with Crippen LogP contribution in [0.15, 0.2) is 60.7 Å². The molecule has 2 amide bonds. The molecule has 0 bridgehead atoms. The van der Waals surface area contributed by atoms with Crippen LogP contribution in [0, 0.1) is 0 Å². The maximum absolute atomic E-state index is 13.7. The smallest absolute Gasteiger partial charge is 0.253 e. The highest BCUT2D eigenvalue weighted by molar-refractivity contribution is 6.05. The summed E-state index contributed by atoms with van der Waals surface area (Å²) in [6, 6.07) is 17.7. The van der Waals surface area contributed by atoms with Gasteiger partial charge in [-0.05, 0) is 42.0 Å². The molecular formula is C27H22N4O6. The quantitative estimate of drug-likeness (QED) is 0.448. The van der Waals surface area contributed by atoms with Crippen molar-refractivity contribution in [3.8, 4) is 23.0 Å². The first-order valence-electron chi connectivity index (χ1n) is 12.0. The summed E-state index contributed by atoms with van der Waals surface area (Å²) in [6.45, 7) is 1.42. The summed E-state index contributed by atoms with van der Waals surface area (Å²) in [5, 5.41) is 2.89. The molecule has 1 aromatic heterocycles. The second-order valence-electron chi connectivity index (χ2n) is 9.01. The number of fused-ring (bicyclic) bond motifs is 5. The van der Waals surface area contributed by atoms with Crippen molar-refractivity contribution in [1.29, 1.82) is 0 Å². The predicted molar refractivity (Wildman–Crippen MR) is 133 cm³/mol. The van der Waals surface area contributed by atoms with E-state index in [1.54, 1.807) is 23.1 Å². The van der Waals surface area contributed by atoms with E-state index < -0.39 is 6.04 Å². The molecule has 0 saturated heterocycles. The largest absolute Gasteiger partial charge is 0.486 e. The van der Waals surface area contributed by atoms with Gasteiger partial charge in [0.25, 0.3) is 5.91 Å². The van der Waals surface area contributed by atoms with Crippen LogP contribution in [-0.2, 0) is 16.1 Å². The lowest BCUT2D eigenvalue weighted by Crippen LogP contribution is -2.31. The standard InChI is InChI=1S/C27H22N4O6/c32-25(28-17-6-8-21-24(12-17)35-10-9-34-21)13-20-26(33)30(14-16-5-7-22-23(11-16)37-15-36-22)27-29-18-3-1-2-4-19(18)31(20)27/h1-8,11-12,20H,9-10,13-15H2,(H,28,32). The molecule has 37 heavy (non-hydrogen) atoms. The van der Waals surface area contributed by atoms with Crippen molar-refractivity contribution < 1.29 is 28.5 Å². The number of imidazole rings is 1. The number of carbonyl (C=O) groups excluding carboxylic acids is 2. The van der Waals surface area contributed by atoms with Gasteiger partial charge in [-0.25, -0.2) is 4.98 Å². The van der Waals surface area contributed by atoms with Crippen molar-refractivity contribution in [2.45, 2.75) is 19.0 Å². The Hall–Kier alpha value is -4.73. The van der Waals surface area contributed by atoms with Gasteiger partial charge >= 0.3 is 0 Å². The van der Waals surface area contributed by atoms with E-state index in [4.69, 9.17) is 23.9 Å². The molecule has 3 aromatic carbocycles. The van der Waals surface area contributed by atoms with Gasteiger partial charge in [0.1, 0.15) is 19.3 Å². The third-order valence-corrected chi connectivity index (χ3v) is 6.66. The number of aromatic nitrogens is 2. The van der Waals surface area contributed by atoms with E-state index in [9.17, 15) is 9.59 Å². The Balaban J connectivity index is 1.17. The summed E-state index contributed by atoms with van der Waals surface area (Å²) in [7, 11) is 0. The lowest BCUT2D eigenvalue weighted by molar-refractivity contribution is -0.124. The first kappa shape index (κ1) is 21.5. The number of anilines is 2. The minimum atomic E-state index is -0.728. The molecular weight excluding hydrogens is 476 g/mol. The van der Waals surface area contributed by atoms with E-state index in [1.807, 2.05) is 47.0 Å². The van der Waals surface area contributed by atoms with Gasteiger partial charge in [0.2, 0.25) is 18.6 Å². The van der Waals surface area contributed by atoms with Crippen molar-refractivity contribution >= 4 is 34.5 Å². The van der Waals surface area contributed by atoms with E-state index in [0.717, 1.165) is 16.6 Å². The van der Waals surface area contributed by atoms with Gasteiger partial charge in [-0.15, -0.1) is 0 Å². The van der Waals surface area contributed by atoms with Crippen LogP contribution in [0.5, 0.6) is 23.0 Å². The number of ether oxygens (including phenoxy) is 4. The van der Waals surface area contributed by atoms with E-state index in [1.165, 1.54) is 0 Å². The number of nitrogens with one attached hydrogen (secondary N) is 1. The summed E-state index contributed by atoms with van der Waals surface area (Å²) < 4.78 is 23.9. The highest BCUT2D eigenvalue weighted by Gasteiger charge is 2.41. The molecule has 7 rings (SSSR count). The lowest BCUT2D eigenvalue weighted by Gasteiger charge is -2.19. The fraction of sp³-hybridized carbons (Fsp3) is 0.222. The minimum absolute atomic E-state index is 0.0434. The molecule has 1 atom stereocenters. The topological polar surface area (TPSA) is 104 Å². The maximum atomic E-state index is 13.7.